The lowest BCUT2D eigenvalue weighted by Gasteiger charge is -2.54. The van der Waals surface area contributed by atoms with Gasteiger partial charge in [-0.1, -0.05) is 40.5 Å². The van der Waals surface area contributed by atoms with E-state index in [1.807, 2.05) is 0 Å². The van der Waals surface area contributed by atoms with Crippen LogP contribution in [0, 0.1) is 35.5 Å². The molecule has 0 aliphatic heterocycles. The SMILES string of the molecule is CCCC1C(C2CC(C)C2)C(C)C(CC)CC1N(C)C. The number of hydrogen-bond acceptors (Lipinski definition) is 1. The highest BCUT2D eigenvalue weighted by molar-refractivity contribution is 4.98. The minimum absolute atomic E-state index is 0.831. The van der Waals surface area contributed by atoms with Gasteiger partial charge in [0.2, 0.25) is 0 Å². The van der Waals surface area contributed by atoms with E-state index >= 15 is 0 Å². The number of hydrogen-bond donors (Lipinski definition) is 0. The molecular weight excluding hydrogens is 242 g/mol. The summed E-state index contributed by atoms with van der Waals surface area (Å²) in [6.45, 7) is 9.81. The van der Waals surface area contributed by atoms with Crippen molar-refractivity contribution in [1.29, 1.82) is 0 Å². The molecule has 2 saturated carbocycles. The van der Waals surface area contributed by atoms with E-state index in [1.165, 1.54) is 38.5 Å². The lowest BCUT2D eigenvalue weighted by molar-refractivity contribution is -0.0466. The molecule has 0 bridgehead atoms. The molecule has 1 nitrogen and oxygen atoms in total. The highest BCUT2D eigenvalue weighted by Crippen LogP contribution is 2.53. The van der Waals surface area contributed by atoms with Crippen molar-refractivity contribution in [2.24, 2.45) is 35.5 Å². The Bertz CT molecular complexity index is 292. The van der Waals surface area contributed by atoms with Gasteiger partial charge in [0.25, 0.3) is 0 Å². The van der Waals surface area contributed by atoms with Gasteiger partial charge in [-0.25, -0.2) is 0 Å². The zero-order valence-electron chi connectivity index (χ0n) is 14.7. The van der Waals surface area contributed by atoms with Gasteiger partial charge in [-0.15, -0.1) is 0 Å². The Labute approximate surface area is 127 Å². The van der Waals surface area contributed by atoms with Gasteiger partial charge < -0.3 is 4.90 Å². The van der Waals surface area contributed by atoms with Crippen LogP contribution in [0.25, 0.3) is 0 Å². The normalized spacial score (nSPS) is 45.5. The summed E-state index contributed by atoms with van der Waals surface area (Å²) < 4.78 is 0. The zero-order chi connectivity index (χ0) is 14.9. The van der Waals surface area contributed by atoms with E-state index in [9.17, 15) is 0 Å². The van der Waals surface area contributed by atoms with Crippen LogP contribution in [0.2, 0.25) is 0 Å². The smallest absolute Gasteiger partial charge is 0.0123 e. The Hall–Kier alpha value is -0.0400. The van der Waals surface area contributed by atoms with E-state index in [0.717, 1.165) is 41.5 Å². The van der Waals surface area contributed by atoms with Gasteiger partial charge in [0, 0.05) is 6.04 Å². The highest BCUT2D eigenvalue weighted by atomic mass is 15.1. The fourth-order valence-electron chi connectivity index (χ4n) is 5.57. The second-order valence-corrected chi connectivity index (χ2v) is 8.16. The molecule has 2 fully saturated rings. The van der Waals surface area contributed by atoms with E-state index in [2.05, 4.69) is 46.7 Å². The third kappa shape index (κ3) is 3.08. The second-order valence-electron chi connectivity index (χ2n) is 8.16. The van der Waals surface area contributed by atoms with Crippen LogP contribution in [-0.2, 0) is 0 Å². The molecule has 0 saturated heterocycles. The second kappa shape index (κ2) is 6.81. The van der Waals surface area contributed by atoms with Crippen LogP contribution in [0.3, 0.4) is 0 Å². The van der Waals surface area contributed by atoms with Crippen molar-refractivity contribution in [3.05, 3.63) is 0 Å². The molecule has 0 amide bonds. The maximum Gasteiger partial charge on any atom is 0.0123 e. The summed E-state index contributed by atoms with van der Waals surface area (Å²) in [5.74, 6) is 5.88. The fourth-order valence-corrected chi connectivity index (χ4v) is 5.57. The maximum atomic E-state index is 2.58. The minimum atomic E-state index is 0.831. The van der Waals surface area contributed by atoms with E-state index < -0.39 is 0 Å². The first-order chi connectivity index (χ1) is 9.49. The molecule has 2 aliphatic rings. The largest absolute Gasteiger partial charge is 0.306 e. The summed E-state index contributed by atoms with van der Waals surface area (Å²) in [5.41, 5.74) is 0. The van der Waals surface area contributed by atoms with E-state index in [4.69, 9.17) is 0 Å². The molecule has 20 heavy (non-hydrogen) atoms. The van der Waals surface area contributed by atoms with Gasteiger partial charge in [-0.2, -0.15) is 0 Å². The molecule has 0 N–H and O–H groups in total. The van der Waals surface area contributed by atoms with Crippen LogP contribution in [-0.4, -0.2) is 25.0 Å². The Morgan fingerprint density at radius 2 is 1.65 bits per heavy atom. The molecule has 5 atom stereocenters. The Morgan fingerprint density at radius 3 is 2.10 bits per heavy atom. The molecular formula is C19H37N. The minimum Gasteiger partial charge on any atom is -0.306 e. The maximum absolute atomic E-state index is 2.58. The first-order valence-corrected chi connectivity index (χ1v) is 9.15. The quantitative estimate of drug-likeness (QED) is 0.680. The number of rotatable bonds is 5. The molecule has 0 radical (unpaired) electrons. The fraction of sp³-hybridized carbons (Fsp3) is 1.00. The third-order valence-electron chi connectivity index (χ3n) is 6.65. The first kappa shape index (κ1) is 16.3. The molecule has 0 aromatic carbocycles. The molecule has 0 heterocycles. The van der Waals surface area contributed by atoms with Gasteiger partial charge in [0.15, 0.2) is 0 Å². The molecule has 0 aromatic heterocycles. The van der Waals surface area contributed by atoms with Crippen molar-refractivity contribution in [1.82, 2.24) is 4.90 Å². The van der Waals surface area contributed by atoms with Crippen molar-refractivity contribution >= 4 is 0 Å². The monoisotopic (exact) mass is 279 g/mol. The average molecular weight is 280 g/mol. The molecule has 2 aliphatic carbocycles. The van der Waals surface area contributed by atoms with E-state index in [-0.39, 0.29) is 0 Å². The topological polar surface area (TPSA) is 3.24 Å². The summed E-state index contributed by atoms with van der Waals surface area (Å²) in [6, 6.07) is 0.831. The predicted molar refractivity (Wildman–Crippen MR) is 88.8 cm³/mol. The molecule has 0 spiro atoms. The first-order valence-electron chi connectivity index (χ1n) is 9.15. The number of nitrogens with zero attached hydrogens (tertiary/aromatic N) is 1. The van der Waals surface area contributed by atoms with Gasteiger partial charge >= 0.3 is 0 Å². The third-order valence-corrected chi connectivity index (χ3v) is 6.65. The van der Waals surface area contributed by atoms with Crippen LogP contribution in [0.4, 0.5) is 0 Å². The standard InChI is InChI=1S/C19H37N/c1-7-9-17-18(20(5)6)12-15(8-2)14(4)19(17)16-10-13(3)11-16/h13-19H,7-12H2,1-6H3. The van der Waals surface area contributed by atoms with E-state index in [1.54, 1.807) is 0 Å². The van der Waals surface area contributed by atoms with Gasteiger partial charge in [-0.3, -0.25) is 0 Å². The van der Waals surface area contributed by atoms with Gasteiger partial charge in [0.1, 0.15) is 0 Å². The van der Waals surface area contributed by atoms with Crippen LogP contribution in [0.1, 0.15) is 66.2 Å². The lowest BCUT2D eigenvalue weighted by Crippen LogP contribution is -2.52. The summed E-state index contributed by atoms with van der Waals surface area (Å²) in [6.07, 6.45) is 8.63. The summed E-state index contributed by atoms with van der Waals surface area (Å²) >= 11 is 0. The van der Waals surface area contributed by atoms with E-state index in [0.29, 0.717) is 0 Å². The van der Waals surface area contributed by atoms with Gasteiger partial charge in [0.05, 0.1) is 0 Å². The summed E-state index contributed by atoms with van der Waals surface area (Å²) in [5, 5.41) is 0. The Kier molecular flexibility index (Phi) is 5.56. The van der Waals surface area contributed by atoms with Crippen LogP contribution >= 0.6 is 0 Å². The van der Waals surface area contributed by atoms with Gasteiger partial charge in [-0.05, 0) is 75.3 Å². The van der Waals surface area contributed by atoms with Crippen molar-refractivity contribution in [3.8, 4) is 0 Å². The molecule has 5 unspecified atom stereocenters. The zero-order valence-corrected chi connectivity index (χ0v) is 14.7. The molecule has 1 heteroatoms. The molecule has 0 aromatic rings. The summed E-state index contributed by atoms with van der Waals surface area (Å²) in [4.78, 5) is 2.55. The Morgan fingerprint density at radius 1 is 1.00 bits per heavy atom. The highest BCUT2D eigenvalue weighted by Gasteiger charge is 2.47. The van der Waals surface area contributed by atoms with Crippen molar-refractivity contribution < 1.29 is 0 Å². The van der Waals surface area contributed by atoms with Crippen LogP contribution in [0.15, 0.2) is 0 Å². The van der Waals surface area contributed by atoms with Crippen molar-refractivity contribution in [2.75, 3.05) is 14.1 Å². The Balaban J connectivity index is 2.19. The van der Waals surface area contributed by atoms with Crippen LogP contribution in [0.5, 0.6) is 0 Å². The molecule has 118 valence electrons. The van der Waals surface area contributed by atoms with Crippen molar-refractivity contribution in [2.45, 2.75) is 72.3 Å². The predicted octanol–water partition coefficient (Wildman–Crippen LogP) is 5.06. The lowest BCUT2D eigenvalue weighted by atomic mass is 9.54. The van der Waals surface area contributed by atoms with Crippen LogP contribution < -0.4 is 0 Å². The average Bonchev–Trinajstić information content (AvgIpc) is 2.36. The summed E-state index contributed by atoms with van der Waals surface area (Å²) in [7, 11) is 4.63. The van der Waals surface area contributed by atoms with Crippen molar-refractivity contribution in [3.63, 3.8) is 0 Å². The molecule has 2 rings (SSSR count).